The first-order valence-corrected chi connectivity index (χ1v) is 13.3. The van der Waals surface area contributed by atoms with Crippen LogP contribution in [0.5, 0.6) is 0 Å². The van der Waals surface area contributed by atoms with Crippen LogP contribution in [-0.4, -0.2) is 71.3 Å². The van der Waals surface area contributed by atoms with Crippen LogP contribution in [-0.2, 0) is 14.8 Å². The Morgan fingerprint density at radius 2 is 1.69 bits per heavy atom. The molecule has 4 rings (SSSR count). The Kier molecular flexibility index (Phi) is 6.90. The molecule has 0 saturated carbocycles. The Labute approximate surface area is 197 Å². The van der Waals surface area contributed by atoms with Gasteiger partial charge in [-0.3, -0.25) is 9.36 Å². The number of para-hydroxylation sites is 1. The quantitative estimate of drug-likeness (QED) is 0.495. The molecule has 1 fully saturated rings. The maximum absolute atomic E-state index is 12.8. The lowest BCUT2D eigenvalue weighted by molar-refractivity contribution is -0.129. The molecule has 3 aromatic rings. The van der Waals surface area contributed by atoms with Gasteiger partial charge < -0.3 is 4.90 Å². The van der Waals surface area contributed by atoms with Crippen LogP contribution in [0.1, 0.15) is 0 Å². The maximum Gasteiger partial charge on any atom is 0.233 e. The van der Waals surface area contributed by atoms with Crippen molar-refractivity contribution in [1.29, 1.82) is 0 Å². The largest absolute Gasteiger partial charge is 0.339 e. The molecule has 0 N–H and O–H groups in total. The van der Waals surface area contributed by atoms with Gasteiger partial charge in [-0.25, -0.2) is 13.4 Å². The number of piperazine rings is 1. The van der Waals surface area contributed by atoms with Crippen molar-refractivity contribution in [2.45, 2.75) is 5.16 Å². The third-order valence-electron chi connectivity index (χ3n) is 5.28. The van der Waals surface area contributed by atoms with Gasteiger partial charge in [0.2, 0.25) is 15.9 Å². The molecule has 1 saturated heterocycles. The molecule has 2 aromatic carbocycles. The van der Waals surface area contributed by atoms with Gasteiger partial charge in [0.15, 0.2) is 5.16 Å². The van der Waals surface area contributed by atoms with E-state index in [4.69, 9.17) is 11.6 Å². The Morgan fingerprint density at radius 3 is 2.34 bits per heavy atom. The molecule has 1 amide bonds. The standard InChI is InChI=1S/C22H23ClN4O3S2/c1-32(29,30)26-13-11-25(12-14-26)21(28)16-31-22-24-15-20(17-7-3-2-4-8-17)27(22)19-10-6-5-9-18(19)23/h2-10,15H,11-14,16H2,1H3. The molecular weight excluding hydrogens is 468 g/mol. The van der Waals surface area contributed by atoms with Gasteiger partial charge in [0.1, 0.15) is 0 Å². The van der Waals surface area contributed by atoms with Crippen LogP contribution in [0.3, 0.4) is 0 Å². The zero-order chi connectivity index (χ0) is 22.7. The smallest absolute Gasteiger partial charge is 0.233 e. The van der Waals surface area contributed by atoms with E-state index in [9.17, 15) is 13.2 Å². The van der Waals surface area contributed by atoms with Crippen molar-refractivity contribution >= 4 is 39.3 Å². The maximum atomic E-state index is 12.8. The number of thioether (sulfide) groups is 1. The molecule has 0 radical (unpaired) electrons. The molecule has 10 heteroatoms. The molecule has 1 aliphatic heterocycles. The highest BCUT2D eigenvalue weighted by Gasteiger charge is 2.26. The highest BCUT2D eigenvalue weighted by atomic mass is 35.5. The average Bonchev–Trinajstić information content (AvgIpc) is 3.21. The summed E-state index contributed by atoms with van der Waals surface area (Å²) in [5.74, 6) is 0.160. The highest BCUT2D eigenvalue weighted by Crippen LogP contribution is 2.33. The van der Waals surface area contributed by atoms with Gasteiger partial charge in [-0.2, -0.15) is 4.31 Å². The number of amides is 1. The van der Waals surface area contributed by atoms with Crippen molar-refractivity contribution in [1.82, 2.24) is 18.8 Å². The summed E-state index contributed by atoms with van der Waals surface area (Å²) in [6.45, 7) is 1.42. The second-order valence-electron chi connectivity index (χ2n) is 7.41. The number of carbonyl (C=O) groups excluding carboxylic acids is 1. The van der Waals surface area contributed by atoms with E-state index in [1.807, 2.05) is 59.2 Å². The monoisotopic (exact) mass is 490 g/mol. The molecule has 32 heavy (non-hydrogen) atoms. The number of benzene rings is 2. The Bertz CT molecular complexity index is 1210. The minimum atomic E-state index is -3.23. The lowest BCUT2D eigenvalue weighted by atomic mass is 10.1. The summed E-state index contributed by atoms with van der Waals surface area (Å²) in [5.41, 5.74) is 2.67. The zero-order valence-electron chi connectivity index (χ0n) is 17.5. The summed E-state index contributed by atoms with van der Waals surface area (Å²) in [4.78, 5) is 19.1. The van der Waals surface area contributed by atoms with E-state index in [-0.39, 0.29) is 11.7 Å². The van der Waals surface area contributed by atoms with Gasteiger partial charge >= 0.3 is 0 Å². The summed E-state index contributed by atoms with van der Waals surface area (Å²) in [6.07, 6.45) is 2.98. The number of nitrogens with zero attached hydrogens (tertiary/aromatic N) is 4. The molecule has 168 valence electrons. The summed E-state index contributed by atoms with van der Waals surface area (Å²) in [5, 5.41) is 1.26. The Hall–Kier alpha value is -2.33. The molecule has 0 bridgehead atoms. The first-order valence-electron chi connectivity index (χ1n) is 10.1. The number of aromatic nitrogens is 2. The van der Waals surface area contributed by atoms with Crippen LogP contribution in [0, 0.1) is 0 Å². The topological polar surface area (TPSA) is 75.5 Å². The van der Waals surface area contributed by atoms with E-state index in [0.717, 1.165) is 16.9 Å². The van der Waals surface area contributed by atoms with E-state index in [1.54, 1.807) is 11.1 Å². The van der Waals surface area contributed by atoms with E-state index < -0.39 is 10.0 Å². The number of imidazole rings is 1. The molecule has 2 heterocycles. The number of hydrogen-bond donors (Lipinski definition) is 0. The SMILES string of the molecule is CS(=O)(=O)N1CCN(C(=O)CSc2ncc(-c3ccccc3)n2-c2ccccc2Cl)CC1. The lowest BCUT2D eigenvalue weighted by Gasteiger charge is -2.33. The lowest BCUT2D eigenvalue weighted by Crippen LogP contribution is -2.50. The van der Waals surface area contributed by atoms with Gasteiger partial charge in [-0.15, -0.1) is 0 Å². The van der Waals surface area contributed by atoms with Crippen molar-refractivity contribution in [3.63, 3.8) is 0 Å². The Balaban J connectivity index is 1.54. The first kappa shape index (κ1) is 22.8. The number of hydrogen-bond acceptors (Lipinski definition) is 5. The first-order chi connectivity index (χ1) is 15.3. The van der Waals surface area contributed by atoms with Crippen LogP contribution < -0.4 is 0 Å². The number of carbonyl (C=O) groups is 1. The minimum absolute atomic E-state index is 0.0434. The second kappa shape index (κ2) is 9.66. The fourth-order valence-corrected chi connectivity index (χ4v) is 5.54. The molecule has 0 aliphatic carbocycles. The van der Waals surface area contributed by atoms with Crippen LogP contribution in [0.2, 0.25) is 5.02 Å². The van der Waals surface area contributed by atoms with Gasteiger partial charge in [-0.05, 0) is 12.1 Å². The minimum Gasteiger partial charge on any atom is -0.339 e. The van der Waals surface area contributed by atoms with Crippen molar-refractivity contribution in [3.05, 3.63) is 65.8 Å². The van der Waals surface area contributed by atoms with Crippen molar-refractivity contribution in [2.24, 2.45) is 0 Å². The van der Waals surface area contributed by atoms with Crippen LogP contribution in [0.4, 0.5) is 0 Å². The van der Waals surface area contributed by atoms with Gasteiger partial charge in [0.05, 0.1) is 34.6 Å². The highest BCUT2D eigenvalue weighted by molar-refractivity contribution is 7.99. The number of halogens is 1. The number of sulfonamides is 1. The van der Waals surface area contributed by atoms with Crippen LogP contribution in [0.25, 0.3) is 16.9 Å². The predicted octanol–water partition coefficient (Wildman–Crippen LogP) is 3.39. The summed E-state index contributed by atoms with van der Waals surface area (Å²) in [7, 11) is -3.23. The molecular formula is C22H23ClN4O3S2. The summed E-state index contributed by atoms with van der Waals surface area (Å²) >= 11 is 7.84. The predicted molar refractivity (Wildman–Crippen MR) is 128 cm³/mol. The fourth-order valence-electron chi connectivity index (χ4n) is 3.60. The van der Waals surface area contributed by atoms with Crippen molar-refractivity contribution in [3.8, 4) is 16.9 Å². The summed E-state index contributed by atoms with van der Waals surface area (Å²) < 4.78 is 26.8. The zero-order valence-corrected chi connectivity index (χ0v) is 19.9. The van der Waals surface area contributed by atoms with Crippen LogP contribution in [0.15, 0.2) is 66.0 Å². The number of rotatable bonds is 6. The van der Waals surface area contributed by atoms with Gasteiger partial charge in [0, 0.05) is 31.7 Å². The molecule has 1 aliphatic rings. The van der Waals surface area contributed by atoms with Crippen molar-refractivity contribution < 1.29 is 13.2 Å². The summed E-state index contributed by atoms with van der Waals surface area (Å²) in [6, 6.07) is 17.4. The van der Waals surface area contributed by atoms with E-state index >= 15 is 0 Å². The molecule has 0 atom stereocenters. The van der Waals surface area contributed by atoms with Gasteiger partial charge in [0.25, 0.3) is 0 Å². The van der Waals surface area contributed by atoms with E-state index in [0.29, 0.717) is 36.4 Å². The van der Waals surface area contributed by atoms with Crippen LogP contribution >= 0.6 is 23.4 Å². The molecule has 0 spiro atoms. The average molecular weight is 491 g/mol. The normalized spacial score (nSPS) is 15.1. The molecule has 0 unspecified atom stereocenters. The van der Waals surface area contributed by atoms with Crippen molar-refractivity contribution in [2.75, 3.05) is 38.2 Å². The molecule has 1 aromatic heterocycles. The molecule has 7 nitrogen and oxygen atoms in total. The van der Waals surface area contributed by atoms with E-state index in [1.165, 1.54) is 22.3 Å². The van der Waals surface area contributed by atoms with Gasteiger partial charge in [-0.1, -0.05) is 65.8 Å². The van der Waals surface area contributed by atoms with E-state index in [2.05, 4.69) is 4.98 Å². The third kappa shape index (κ3) is 5.01. The fraction of sp³-hybridized carbons (Fsp3) is 0.273. The third-order valence-corrected chi connectivity index (χ3v) is 7.84. The second-order valence-corrected chi connectivity index (χ2v) is 10.7. The Morgan fingerprint density at radius 1 is 1.03 bits per heavy atom.